The number of hydrogen-bond acceptors (Lipinski definition) is 2. The van der Waals surface area contributed by atoms with Gasteiger partial charge >= 0.3 is 0 Å². The second-order valence-corrected chi connectivity index (χ2v) is 4.16. The van der Waals surface area contributed by atoms with Gasteiger partial charge in [0.15, 0.2) is 0 Å². The van der Waals surface area contributed by atoms with Crippen molar-refractivity contribution in [2.45, 2.75) is 39.3 Å². The smallest absolute Gasteiger partial charge is 0.0936 e. The number of ether oxygens (including phenoxy) is 1. The van der Waals surface area contributed by atoms with Crippen molar-refractivity contribution in [1.82, 2.24) is 4.90 Å². The maximum Gasteiger partial charge on any atom is 0.0936 e. The van der Waals surface area contributed by atoms with E-state index in [1.54, 1.807) is 0 Å². The van der Waals surface area contributed by atoms with E-state index in [1.807, 2.05) is 0 Å². The summed E-state index contributed by atoms with van der Waals surface area (Å²) in [6, 6.07) is 0. The van der Waals surface area contributed by atoms with E-state index in [1.165, 1.54) is 0 Å². The Kier molecular flexibility index (Phi) is 2.55. The molecule has 0 N–H and O–H groups in total. The summed E-state index contributed by atoms with van der Waals surface area (Å²) in [5, 5.41) is 0. The number of nitrogens with zero attached hydrogens (tertiary/aromatic N) is 1. The fourth-order valence-corrected chi connectivity index (χ4v) is 1.30. The van der Waals surface area contributed by atoms with Gasteiger partial charge in [-0.15, -0.1) is 0 Å². The van der Waals surface area contributed by atoms with Crippen LogP contribution in [0.25, 0.3) is 0 Å². The van der Waals surface area contributed by atoms with Gasteiger partial charge in [0.1, 0.15) is 0 Å². The van der Waals surface area contributed by atoms with E-state index in [2.05, 4.69) is 32.6 Å². The van der Waals surface area contributed by atoms with Crippen LogP contribution in [0.4, 0.5) is 0 Å². The third-order valence-electron chi connectivity index (χ3n) is 2.16. The van der Waals surface area contributed by atoms with Crippen LogP contribution in [0.2, 0.25) is 0 Å². The zero-order valence-corrected chi connectivity index (χ0v) is 8.05. The summed E-state index contributed by atoms with van der Waals surface area (Å²) >= 11 is 0. The molecule has 0 aromatic carbocycles. The van der Waals surface area contributed by atoms with Crippen molar-refractivity contribution in [2.75, 3.05) is 19.7 Å². The molecular weight excluding hydrogens is 138 g/mol. The Hall–Kier alpha value is -0.0800. The number of hydrogen-bond donors (Lipinski definition) is 0. The Morgan fingerprint density at radius 3 is 2.27 bits per heavy atom. The molecule has 0 aromatic heterocycles. The lowest BCUT2D eigenvalue weighted by Gasteiger charge is -2.34. The van der Waals surface area contributed by atoms with Crippen molar-refractivity contribution in [1.29, 1.82) is 0 Å². The van der Waals surface area contributed by atoms with Crippen molar-refractivity contribution < 1.29 is 4.74 Å². The van der Waals surface area contributed by atoms with Gasteiger partial charge in [-0.2, -0.15) is 0 Å². The summed E-state index contributed by atoms with van der Waals surface area (Å²) in [6.45, 7) is 12.1. The molecule has 2 heteroatoms. The predicted octanol–water partition coefficient (Wildman–Crippen LogP) is 1.51. The quantitative estimate of drug-likeness (QED) is 0.577. The summed E-state index contributed by atoms with van der Waals surface area (Å²) in [4.78, 5) is 2.45. The largest absolute Gasteiger partial charge is 0.372 e. The van der Waals surface area contributed by atoms with Gasteiger partial charge in [-0.25, -0.2) is 0 Å². The Bertz CT molecular complexity index is 124. The Morgan fingerprint density at radius 2 is 2.00 bits per heavy atom. The van der Waals surface area contributed by atoms with Gasteiger partial charge < -0.3 is 4.74 Å². The minimum atomic E-state index is 0.292. The lowest BCUT2D eigenvalue weighted by atomic mass is 10.1. The maximum absolute atomic E-state index is 5.19. The van der Waals surface area contributed by atoms with Gasteiger partial charge in [-0.05, 0) is 27.3 Å². The first kappa shape index (κ1) is 9.01. The summed E-state index contributed by atoms with van der Waals surface area (Å²) in [5.74, 6) is 0. The number of rotatable bonds is 3. The monoisotopic (exact) mass is 157 g/mol. The van der Waals surface area contributed by atoms with Crippen LogP contribution in [-0.4, -0.2) is 36.2 Å². The van der Waals surface area contributed by atoms with Crippen LogP contribution in [0.3, 0.4) is 0 Å². The van der Waals surface area contributed by atoms with E-state index >= 15 is 0 Å². The molecule has 0 radical (unpaired) electrons. The van der Waals surface area contributed by atoms with Crippen molar-refractivity contribution in [3.05, 3.63) is 0 Å². The van der Waals surface area contributed by atoms with E-state index in [0.717, 1.165) is 19.7 Å². The van der Waals surface area contributed by atoms with Crippen LogP contribution >= 0.6 is 0 Å². The molecule has 1 saturated heterocycles. The molecule has 2 nitrogen and oxygen atoms in total. The molecule has 0 aromatic rings. The Morgan fingerprint density at radius 1 is 1.45 bits per heavy atom. The summed E-state index contributed by atoms with van der Waals surface area (Å²) in [6.07, 6.45) is 0.522. The molecule has 66 valence electrons. The average molecular weight is 157 g/mol. The third-order valence-corrected chi connectivity index (χ3v) is 2.16. The van der Waals surface area contributed by atoms with Crippen LogP contribution in [0.15, 0.2) is 0 Å². The highest BCUT2D eigenvalue weighted by atomic mass is 16.6. The molecule has 1 heterocycles. The average Bonchev–Trinajstić information content (AvgIpc) is 2.62. The zero-order valence-electron chi connectivity index (χ0n) is 8.05. The highest BCUT2D eigenvalue weighted by Crippen LogP contribution is 2.18. The van der Waals surface area contributed by atoms with Crippen LogP contribution in [0.5, 0.6) is 0 Å². The second kappa shape index (κ2) is 3.11. The molecule has 1 aliphatic heterocycles. The topological polar surface area (TPSA) is 15.8 Å². The SMILES string of the molecule is CCN(C[C@@H]1CO1)C(C)(C)C. The lowest BCUT2D eigenvalue weighted by Crippen LogP contribution is -2.43. The van der Waals surface area contributed by atoms with Gasteiger partial charge in [0, 0.05) is 12.1 Å². The second-order valence-electron chi connectivity index (χ2n) is 4.16. The first-order chi connectivity index (χ1) is 5.04. The van der Waals surface area contributed by atoms with E-state index in [0.29, 0.717) is 11.6 Å². The zero-order chi connectivity index (χ0) is 8.48. The molecule has 0 spiro atoms. The maximum atomic E-state index is 5.19. The first-order valence-corrected chi connectivity index (χ1v) is 4.40. The third kappa shape index (κ3) is 2.80. The Balaban J connectivity index is 2.34. The molecule has 0 saturated carbocycles. The molecule has 11 heavy (non-hydrogen) atoms. The van der Waals surface area contributed by atoms with Gasteiger partial charge in [0.05, 0.1) is 12.7 Å². The number of epoxide rings is 1. The van der Waals surface area contributed by atoms with Crippen molar-refractivity contribution in [2.24, 2.45) is 0 Å². The fourth-order valence-electron chi connectivity index (χ4n) is 1.30. The van der Waals surface area contributed by atoms with Crippen LogP contribution in [-0.2, 0) is 4.74 Å². The molecule has 1 rings (SSSR count). The van der Waals surface area contributed by atoms with Gasteiger partial charge in [-0.1, -0.05) is 6.92 Å². The van der Waals surface area contributed by atoms with E-state index in [9.17, 15) is 0 Å². The minimum absolute atomic E-state index is 0.292. The molecule has 0 bridgehead atoms. The Labute approximate surface area is 69.5 Å². The summed E-state index contributed by atoms with van der Waals surface area (Å²) in [7, 11) is 0. The molecule has 0 unspecified atom stereocenters. The molecule has 1 fully saturated rings. The molecule has 0 aliphatic carbocycles. The molecule has 0 amide bonds. The van der Waals surface area contributed by atoms with Crippen LogP contribution < -0.4 is 0 Å². The lowest BCUT2D eigenvalue weighted by molar-refractivity contribution is 0.132. The highest BCUT2D eigenvalue weighted by molar-refractivity contribution is 4.81. The standard InChI is InChI=1S/C9H19NO/c1-5-10(9(2,3)4)6-8-7-11-8/h8H,5-7H2,1-4H3/t8-/m1/s1. The first-order valence-electron chi connectivity index (χ1n) is 4.40. The molecular formula is C9H19NO. The van der Waals surface area contributed by atoms with Crippen molar-refractivity contribution in [3.8, 4) is 0 Å². The van der Waals surface area contributed by atoms with Crippen LogP contribution in [0, 0.1) is 0 Å². The predicted molar refractivity (Wildman–Crippen MR) is 46.7 cm³/mol. The molecule has 1 aliphatic rings. The van der Waals surface area contributed by atoms with Crippen molar-refractivity contribution in [3.63, 3.8) is 0 Å². The van der Waals surface area contributed by atoms with Crippen LogP contribution in [0.1, 0.15) is 27.7 Å². The minimum Gasteiger partial charge on any atom is -0.372 e. The van der Waals surface area contributed by atoms with E-state index < -0.39 is 0 Å². The van der Waals surface area contributed by atoms with Gasteiger partial charge in [-0.3, -0.25) is 4.90 Å². The van der Waals surface area contributed by atoms with Gasteiger partial charge in [0.2, 0.25) is 0 Å². The summed E-state index contributed by atoms with van der Waals surface area (Å²) < 4.78 is 5.19. The van der Waals surface area contributed by atoms with E-state index in [4.69, 9.17) is 4.74 Å². The number of likely N-dealkylation sites (N-methyl/N-ethyl adjacent to an activating group) is 1. The van der Waals surface area contributed by atoms with Gasteiger partial charge in [0.25, 0.3) is 0 Å². The van der Waals surface area contributed by atoms with E-state index in [-0.39, 0.29) is 0 Å². The summed E-state index contributed by atoms with van der Waals surface area (Å²) in [5.41, 5.74) is 0.292. The highest BCUT2D eigenvalue weighted by Gasteiger charge is 2.29. The normalized spacial score (nSPS) is 24.3. The molecule has 1 atom stereocenters. The van der Waals surface area contributed by atoms with Crippen molar-refractivity contribution >= 4 is 0 Å². The fraction of sp³-hybridized carbons (Fsp3) is 1.00.